The van der Waals surface area contributed by atoms with E-state index in [1.165, 1.54) is 0 Å². The molecule has 1 aromatic heterocycles. The highest BCUT2D eigenvalue weighted by molar-refractivity contribution is 7.99. The van der Waals surface area contributed by atoms with Gasteiger partial charge < -0.3 is 5.11 Å². The molecule has 1 rings (SSSR count). The summed E-state index contributed by atoms with van der Waals surface area (Å²) in [6, 6.07) is 1.92. The Kier molecular flexibility index (Phi) is 4.78. The number of aryl methyl sites for hydroxylation is 1. The van der Waals surface area contributed by atoms with Gasteiger partial charge in [0.1, 0.15) is 6.33 Å². The molecule has 0 bridgehead atoms. The van der Waals surface area contributed by atoms with E-state index in [9.17, 15) is 0 Å². The molecule has 1 atom stereocenters. The van der Waals surface area contributed by atoms with Crippen molar-refractivity contribution in [2.24, 2.45) is 0 Å². The van der Waals surface area contributed by atoms with Crippen molar-refractivity contribution in [3.8, 4) is 0 Å². The lowest BCUT2D eigenvalue weighted by Crippen LogP contribution is -2.04. The lowest BCUT2D eigenvalue weighted by Gasteiger charge is -2.06. The van der Waals surface area contributed by atoms with Gasteiger partial charge in [-0.15, -0.1) is 0 Å². The Hall–Kier alpha value is -0.610. The summed E-state index contributed by atoms with van der Waals surface area (Å²) in [7, 11) is 0. The topological polar surface area (TPSA) is 46.0 Å². The molecule has 4 heteroatoms. The molecule has 1 N–H and O–H groups in total. The molecule has 0 aliphatic carbocycles. The van der Waals surface area contributed by atoms with Crippen molar-refractivity contribution in [2.45, 2.75) is 18.6 Å². The number of aliphatic hydroxyl groups excluding tert-OH is 1. The van der Waals surface area contributed by atoms with Gasteiger partial charge in [-0.25, -0.2) is 9.97 Å². The molecule has 0 saturated carbocycles. The van der Waals surface area contributed by atoms with Crippen LogP contribution in [0.5, 0.6) is 0 Å². The molecule has 0 amide bonds. The van der Waals surface area contributed by atoms with E-state index in [0.29, 0.717) is 5.25 Å². The van der Waals surface area contributed by atoms with Crippen LogP contribution < -0.4 is 0 Å². The van der Waals surface area contributed by atoms with Gasteiger partial charge in [-0.1, -0.05) is 6.92 Å². The van der Waals surface area contributed by atoms with Crippen molar-refractivity contribution in [3.63, 3.8) is 0 Å². The normalized spacial score (nSPS) is 12.8. The van der Waals surface area contributed by atoms with Crippen LogP contribution in [0.1, 0.15) is 12.6 Å². The van der Waals surface area contributed by atoms with Crippen LogP contribution in [0, 0.1) is 0 Å². The molecule has 0 aromatic carbocycles. The molecule has 1 unspecified atom stereocenters. The summed E-state index contributed by atoms with van der Waals surface area (Å²) in [5, 5.41) is 9.11. The number of aliphatic hydroxyl groups is 1. The van der Waals surface area contributed by atoms with E-state index >= 15 is 0 Å². The van der Waals surface area contributed by atoms with Crippen molar-refractivity contribution in [2.75, 3.05) is 12.4 Å². The molecular weight excluding hydrogens is 184 g/mol. The molecule has 3 nitrogen and oxygen atoms in total. The van der Waals surface area contributed by atoms with Gasteiger partial charge in [0.15, 0.2) is 0 Å². The van der Waals surface area contributed by atoms with Crippen molar-refractivity contribution < 1.29 is 5.11 Å². The maximum absolute atomic E-state index is 8.79. The Morgan fingerprint density at radius 2 is 2.46 bits per heavy atom. The monoisotopic (exact) mass is 198 g/mol. The first-order valence-electron chi connectivity index (χ1n) is 4.30. The zero-order chi connectivity index (χ0) is 9.52. The first kappa shape index (κ1) is 10.5. The fraction of sp³-hybridized carbons (Fsp3) is 0.556. The highest BCUT2D eigenvalue weighted by Crippen LogP contribution is 2.10. The van der Waals surface area contributed by atoms with E-state index in [0.717, 1.165) is 17.9 Å². The Labute approximate surface area is 82.6 Å². The van der Waals surface area contributed by atoms with Gasteiger partial charge >= 0.3 is 0 Å². The van der Waals surface area contributed by atoms with Crippen LogP contribution in [-0.4, -0.2) is 32.7 Å². The maximum Gasteiger partial charge on any atom is 0.115 e. The van der Waals surface area contributed by atoms with Crippen LogP contribution in [-0.2, 0) is 6.42 Å². The van der Waals surface area contributed by atoms with Gasteiger partial charge in [-0.05, 0) is 18.2 Å². The fourth-order valence-corrected chi connectivity index (χ4v) is 1.72. The van der Waals surface area contributed by atoms with E-state index in [1.807, 2.05) is 13.0 Å². The molecule has 0 spiro atoms. The number of hydrogen-bond acceptors (Lipinski definition) is 4. The summed E-state index contributed by atoms with van der Waals surface area (Å²) in [6.07, 6.45) is 4.26. The van der Waals surface area contributed by atoms with Crippen molar-refractivity contribution in [1.29, 1.82) is 0 Å². The second-order valence-electron chi connectivity index (χ2n) is 2.81. The summed E-state index contributed by atoms with van der Waals surface area (Å²) in [5.41, 5.74) is 1.06. The minimum atomic E-state index is 0.244. The van der Waals surface area contributed by atoms with Crippen LogP contribution >= 0.6 is 11.8 Å². The minimum Gasteiger partial charge on any atom is -0.395 e. The number of thioether (sulfide) groups is 1. The van der Waals surface area contributed by atoms with E-state index < -0.39 is 0 Å². The van der Waals surface area contributed by atoms with Gasteiger partial charge in [0.25, 0.3) is 0 Å². The smallest absolute Gasteiger partial charge is 0.115 e. The van der Waals surface area contributed by atoms with Crippen molar-refractivity contribution in [3.05, 3.63) is 24.3 Å². The van der Waals surface area contributed by atoms with Crippen LogP contribution in [0.15, 0.2) is 18.6 Å². The standard InChI is InChI=1S/C9H14N2OS/c1-8(6-12)13-5-3-9-2-4-10-7-11-9/h2,4,7-8,12H,3,5-6H2,1H3. The lowest BCUT2D eigenvalue weighted by atomic mass is 10.3. The third-order valence-electron chi connectivity index (χ3n) is 1.66. The van der Waals surface area contributed by atoms with Gasteiger partial charge in [0, 0.05) is 17.1 Å². The molecule has 1 heterocycles. The largest absolute Gasteiger partial charge is 0.395 e. The second-order valence-corrected chi connectivity index (χ2v) is 4.36. The van der Waals surface area contributed by atoms with Gasteiger partial charge in [-0.3, -0.25) is 0 Å². The second kappa shape index (κ2) is 5.94. The van der Waals surface area contributed by atoms with E-state index in [1.54, 1.807) is 24.3 Å². The predicted molar refractivity (Wildman–Crippen MR) is 54.7 cm³/mol. The number of hydrogen-bond donors (Lipinski definition) is 1. The molecular formula is C9H14N2OS. The van der Waals surface area contributed by atoms with E-state index in [4.69, 9.17) is 5.11 Å². The van der Waals surface area contributed by atoms with Crippen LogP contribution in [0.4, 0.5) is 0 Å². The molecule has 0 radical (unpaired) electrons. The van der Waals surface area contributed by atoms with Crippen molar-refractivity contribution in [1.82, 2.24) is 9.97 Å². The first-order valence-corrected chi connectivity index (χ1v) is 5.35. The summed E-state index contributed by atoms with van der Waals surface area (Å²) in [6.45, 7) is 2.26. The van der Waals surface area contributed by atoms with Crippen LogP contribution in [0.2, 0.25) is 0 Å². The fourth-order valence-electron chi connectivity index (χ4n) is 0.883. The Morgan fingerprint density at radius 1 is 1.62 bits per heavy atom. The predicted octanol–water partition coefficient (Wildman–Crippen LogP) is 1.13. The molecule has 72 valence electrons. The average Bonchev–Trinajstić information content (AvgIpc) is 2.19. The van der Waals surface area contributed by atoms with E-state index in [-0.39, 0.29) is 6.61 Å². The summed E-state index contributed by atoms with van der Waals surface area (Å²) >= 11 is 1.76. The minimum absolute atomic E-state index is 0.244. The quantitative estimate of drug-likeness (QED) is 0.770. The maximum atomic E-state index is 8.79. The third-order valence-corrected chi connectivity index (χ3v) is 2.82. The zero-order valence-electron chi connectivity index (χ0n) is 7.68. The van der Waals surface area contributed by atoms with Crippen molar-refractivity contribution >= 4 is 11.8 Å². The SMILES string of the molecule is CC(CO)SCCc1ccncn1. The van der Waals surface area contributed by atoms with Gasteiger partial charge in [0.2, 0.25) is 0 Å². The van der Waals surface area contributed by atoms with Crippen LogP contribution in [0.3, 0.4) is 0 Å². The van der Waals surface area contributed by atoms with E-state index in [2.05, 4.69) is 9.97 Å². The molecule has 0 aliphatic heterocycles. The highest BCUT2D eigenvalue weighted by Gasteiger charge is 2.00. The molecule has 0 fully saturated rings. The number of nitrogens with zero attached hydrogens (tertiary/aromatic N) is 2. The summed E-state index contributed by atoms with van der Waals surface area (Å²) in [4.78, 5) is 7.96. The average molecular weight is 198 g/mol. The highest BCUT2D eigenvalue weighted by atomic mass is 32.2. The number of rotatable bonds is 5. The Morgan fingerprint density at radius 3 is 3.08 bits per heavy atom. The molecule has 1 aromatic rings. The number of aromatic nitrogens is 2. The molecule has 13 heavy (non-hydrogen) atoms. The summed E-state index contributed by atoms with van der Waals surface area (Å²) in [5.74, 6) is 0.999. The zero-order valence-corrected chi connectivity index (χ0v) is 8.50. The molecule has 0 saturated heterocycles. The Balaban J connectivity index is 2.20. The lowest BCUT2D eigenvalue weighted by molar-refractivity contribution is 0.300. The third kappa shape index (κ3) is 4.24. The first-order chi connectivity index (χ1) is 6.33. The van der Waals surface area contributed by atoms with Gasteiger partial charge in [-0.2, -0.15) is 11.8 Å². The van der Waals surface area contributed by atoms with Gasteiger partial charge in [0.05, 0.1) is 6.61 Å². The Bertz CT molecular complexity index is 230. The van der Waals surface area contributed by atoms with Crippen LogP contribution in [0.25, 0.3) is 0 Å². The molecule has 0 aliphatic rings. The summed E-state index contributed by atoms with van der Waals surface area (Å²) < 4.78 is 0.